The number of primary amides is 2. The van der Waals surface area contributed by atoms with Crippen LogP contribution >= 0.6 is 0 Å². The van der Waals surface area contributed by atoms with E-state index in [0.29, 0.717) is 30.5 Å². The molecule has 8 amide bonds. The maximum absolute atomic E-state index is 14.2. The molecule has 1 fully saturated rings. The van der Waals surface area contributed by atoms with Crippen LogP contribution in [0, 0.1) is 11.8 Å². The average molecular weight is 1210 g/mol. The third-order valence-corrected chi connectivity index (χ3v) is 15.1. The molecule has 1 aliphatic heterocycles. The van der Waals surface area contributed by atoms with Crippen molar-refractivity contribution in [1.82, 2.24) is 41.8 Å². The first kappa shape index (κ1) is 68.7. The molecular formula is C61H82N12O14. The molecule has 1 aromatic heterocycles. The largest absolute Gasteiger partial charge is 0.508 e. The molecule has 10 atom stereocenters. The normalized spacial score (nSPS) is 16.8. The summed E-state index contributed by atoms with van der Waals surface area (Å²) >= 11 is 0. The summed E-state index contributed by atoms with van der Waals surface area (Å²) in [5, 5.41) is 48.2. The number of rotatable bonds is 35. The standard InChI is InChI=1S/C61H82N12O14/c1-5-12-45(52(79)28-38(15-11-24-66-61(64)65-4)57(84)72-48(56(63)83)27-39-32-67-44-17-10-9-16-42(39)44)69-55(82)23-22-51(78)46(25-36-13-7-6-8-14-36)70-58(85)43(34(2)74)30-53(80)47(31-54(62)81)71-59(86)50-29-41(77)33-73(50)60(87)49(68-35(3)75)26-37-18-20-40(76)21-19-37/h6-10,13-14,16-21,32,34,38,41,43,45-50,67,74,76-77H,5,11-12,15,22-31,33H2,1-4H3,(H2,62,81)(H2,63,83)(H,68,75)(H,69,82)(H,70,85)(H,71,86)(H,72,84)(H3,64,65,66)/t34-,38-,41-,43+,45+,46+,47+,48+,49-,50+/m1/s1. The summed E-state index contributed by atoms with van der Waals surface area (Å²) in [4.78, 5) is 158. The Morgan fingerprint density at radius 3 is 1.99 bits per heavy atom. The van der Waals surface area contributed by atoms with Crippen LogP contribution in [0.3, 0.4) is 0 Å². The number of aromatic hydroxyl groups is 1. The van der Waals surface area contributed by atoms with Gasteiger partial charge >= 0.3 is 0 Å². The number of carbonyl (C=O) groups is 11. The number of phenols is 1. The number of guanidine groups is 1. The van der Waals surface area contributed by atoms with Gasteiger partial charge in [0.1, 0.15) is 23.9 Å². The van der Waals surface area contributed by atoms with Gasteiger partial charge in [-0.2, -0.15) is 0 Å². The number of nitrogens with two attached hydrogens (primary N) is 3. The molecule has 5 rings (SSSR count). The van der Waals surface area contributed by atoms with Gasteiger partial charge in [-0.25, -0.2) is 0 Å². The van der Waals surface area contributed by atoms with Crippen molar-refractivity contribution in [3.8, 4) is 5.75 Å². The number of carbonyl (C=O) groups excluding carboxylic acids is 11. The van der Waals surface area contributed by atoms with Gasteiger partial charge in [0, 0.05) is 95.0 Å². The van der Waals surface area contributed by atoms with Gasteiger partial charge in [-0.05, 0) is 67.5 Å². The predicted octanol–water partition coefficient (Wildman–Crippen LogP) is -0.337. The van der Waals surface area contributed by atoms with Crippen molar-refractivity contribution >= 4 is 81.5 Å². The number of hydrogen-bond acceptors (Lipinski definition) is 15. The van der Waals surface area contributed by atoms with Crippen molar-refractivity contribution in [2.45, 2.75) is 153 Å². The van der Waals surface area contributed by atoms with E-state index in [1.54, 1.807) is 43.5 Å². The van der Waals surface area contributed by atoms with E-state index in [4.69, 9.17) is 17.2 Å². The molecule has 3 aromatic carbocycles. The number of aliphatic hydroxyl groups is 2. The fraction of sp³-hybridized carbons (Fsp3) is 0.475. The van der Waals surface area contributed by atoms with Crippen LogP contribution in [0.4, 0.5) is 0 Å². The number of β-amino-alcohol motifs (C(OH)–C–C–N with tert-alkyl or cyclic N) is 1. The molecule has 26 heteroatoms. The summed E-state index contributed by atoms with van der Waals surface area (Å²) in [6.45, 7) is 4.16. The number of H-pyrrole nitrogens is 1. The average Bonchev–Trinajstić information content (AvgIpc) is 2.73. The van der Waals surface area contributed by atoms with Gasteiger partial charge < -0.3 is 74.3 Å². The third-order valence-electron chi connectivity index (χ3n) is 15.1. The van der Waals surface area contributed by atoms with Crippen molar-refractivity contribution < 1.29 is 68.1 Å². The fourth-order valence-corrected chi connectivity index (χ4v) is 10.4. The number of benzene rings is 3. The Kier molecular flexibility index (Phi) is 26.5. The minimum absolute atomic E-state index is 0.0375. The molecule has 4 aromatic rings. The molecule has 0 radical (unpaired) electrons. The zero-order valence-electron chi connectivity index (χ0n) is 49.4. The second kappa shape index (κ2) is 33.6. The number of ketones is 3. The zero-order valence-corrected chi connectivity index (χ0v) is 49.4. The lowest BCUT2D eigenvalue weighted by atomic mass is 9.90. The summed E-state index contributed by atoms with van der Waals surface area (Å²) < 4.78 is 0. The second-order valence-corrected chi connectivity index (χ2v) is 22.0. The highest BCUT2D eigenvalue weighted by molar-refractivity contribution is 6.00. The van der Waals surface area contributed by atoms with E-state index in [-0.39, 0.29) is 63.2 Å². The summed E-state index contributed by atoms with van der Waals surface area (Å²) in [5.74, 6) is -10.9. The van der Waals surface area contributed by atoms with Crippen molar-refractivity contribution in [2.24, 2.45) is 34.0 Å². The first-order valence-electron chi connectivity index (χ1n) is 29.0. The summed E-state index contributed by atoms with van der Waals surface area (Å²) in [6.07, 6.45) is -3.12. The van der Waals surface area contributed by atoms with Gasteiger partial charge in [0.2, 0.25) is 47.3 Å². The van der Waals surface area contributed by atoms with E-state index in [1.165, 1.54) is 45.2 Å². The fourth-order valence-electron chi connectivity index (χ4n) is 10.4. The van der Waals surface area contributed by atoms with Gasteiger partial charge in [0.25, 0.3) is 0 Å². The Hall–Kier alpha value is -9.04. The maximum atomic E-state index is 14.2. The topological polar surface area (TPSA) is 430 Å². The molecule has 16 N–H and O–H groups in total. The molecule has 1 aliphatic rings. The second-order valence-electron chi connectivity index (χ2n) is 22.0. The zero-order chi connectivity index (χ0) is 63.9. The number of phenolic OH excluding ortho intramolecular Hbond substituents is 1. The summed E-state index contributed by atoms with van der Waals surface area (Å²) in [7, 11) is 1.50. The van der Waals surface area contributed by atoms with Gasteiger partial charge in [-0.1, -0.05) is 74.0 Å². The van der Waals surface area contributed by atoms with E-state index in [1.807, 2.05) is 24.3 Å². The van der Waals surface area contributed by atoms with Crippen molar-refractivity contribution in [3.05, 3.63) is 102 Å². The number of aromatic amines is 1. The number of Topliss-reactive ketones (excluding diaryl/α,β-unsaturated/α-hetero) is 3. The van der Waals surface area contributed by atoms with Crippen LogP contribution in [-0.2, 0) is 72.0 Å². The van der Waals surface area contributed by atoms with Crippen molar-refractivity contribution in [2.75, 3.05) is 20.1 Å². The number of para-hydroxylation sites is 1. The lowest BCUT2D eigenvalue weighted by molar-refractivity contribution is -0.142. The van der Waals surface area contributed by atoms with Crippen LogP contribution in [0.15, 0.2) is 90.1 Å². The molecule has 0 spiro atoms. The van der Waals surface area contributed by atoms with E-state index in [2.05, 4.69) is 41.9 Å². The van der Waals surface area contributed by atoms with E-state index in [0.717, 1.165) is 21.4 Å². The number of aliphatic hydroxyl groups excluding tert-OH is 2. The molecule has 0 bridgehead atoms. The van der Waals surface area contributed by atoms with Crippen LogP contribution in [-0.4, -0.2) is 164 Å². The van der Waals surface area contributed by atoms with Crippen LogP contribution in [0.2, 0.25) is 0 Å². The number of fused-ring (bicyclic) bond motifs is 1. The SMILES string of the molecule is CCC[C@H](NC(=O)CCC(=O)[C@H](Cc1ccccc1)NC(=O)[C@@H](CC(=O)[C@H](CC(N)=O)NC(=O)[C@@H]1C[C@@H](O)CN1C(=O)[C@@H](Cc1ccc(O)cc1)NC(C)=O)[C@@H](C)O)C(=O)C[C@@H](CCCNC(N)=NC)C(=O)N[C@@H](Cc1c[nH]c2ccccc12)C(N)=O. The number of aromatic nitrogens is 1. The van der Waals surface area contributed by atoms with Crippen molar-refractivity contribution in [3.63, 3.8) is 0 Å². The number of nitrogens with zero attached hydrogens (tertiary/aromatic N) is 2. The Bertz CT molecular complexity index is 3100. The van der Waals surface area contributed by atoms with Crippen LogP contribution < -0.4 is 49.1 Å². The molecule has 0 unspecified atom stereocenters. The lowest BCUT2D eigenvalue weighted by Gasteiger charge is -2.30. The van der Waals surface area contributed by atoms with Gasteiger partial charge in [0.15, 0.2) is 23.3 Å². The van der Waals surface area contributed by atoms with E-state index in [9.17, 15) is 68.1 Å². The summed E-state index contributed by atoms with van der Waals surface area (Å²) in [5.41, 5.74) is 19.8. The highest BCUT2D eigenvalue weighted by atomic mass is 16.3. The third kappa shape index (κ3) is 21.5. The Balaban J connectivity index is 1.26. The van der Waals surface area contributed by atoms with Crippen LogP contribution in [0.1, 0.15) is 102 Å². The Morgan fingerprint density at radius 1 is 0.701 bits per heavy atom. The first-order valence-corrected chi connectivity index (χ1v) is 29.0. The molecular weight excluding hydrogens is 1120 g/mol. The quantitative estimate of drug-likeness (QED) is 0.0159. The number of amides is 8. The first-order chi connectivity index (χ1) is 41.4. The van der Waals surface area contributed by atoms with Crippen LogP contribution in [0.25, 0.3) is 10.9 Å². The van der Waals surface area contributed by atoms with Gasteiger partial charge in [-0.3, -0.25) is 57.7 Å². The molecule has 87 heavy (non-hydrogen) atoms. The van der Waals surface area contributed by atoms with Crippen LogP contribution in [0.5, 0.6) is 5.75 Å². The predicted molar refractivity (Wildman–Crippen MR) is 320 cm³/mol. The number of likely N-dealkylation sites (tertiary alicyclic amines) is 1. The van der Waals surface area contributed by atoms with Gasteiger partial charge in [0.05, 0.1) is 42.7 Å². The van der Waals surface area contributed by atoms with Gasteiger partial charge in [-0.15, -0.1) is 0 Å². The lowest BCUT2D eigenvalue weighted by Crippen LogP contribution is -2.56. The minimum Gasteiger partial charge on any atom is -0.508 e. The highest BCUT2D eigenvalue weighted by Gasteiger charge is 2.43. The number of nitrogens with one attached hydrogen (secondary N) is 7. The van der Waals surface area contributed by atoms with E-state index >= 15 is 0 Å². The number of hydrogen-bond donors (Lipinski definition) is 13. The number of aliphatic imine (C=N–C) groups is 1. The molecule has 0 saturated carbocycles. The highest BCUT2D eigenvalue weighted by Crippen LogP contribution is 2.24. The molecule has 0 aliphatic carbocycles. The monoisotopic (exact) mass is 1210 g/mol. The molecule has 470 valence electrons. The Labute approximate surface area is 504 Å². The summed E-state index contributed by atoms with van der Waals surface area (Å²) in [6, 6.07) is 13.9. The smallest absolute Gasteiger partial charge is 0.246 e. The Morgan fingerprint density at radius 2 is 1.34 bits per heavy atom. The minimum atomic E-state index is -1.70. The van der Waals surface area contributed by atoms with Crippen molar-refractivity contribution in [1.29, 1.82) is 0 Å². The van der Waals surface area contributed by atoms with E-state index < -0.39 is 151 Å². The molecule has 26 nitrogen and oxygen atoms in total. The molecule has 2 heterocycles. The maximum Gasteiger partial charge on any atom is 0.246 e. The molecule has 1 saturated heterocycles.